The zero-order chi connectivity index (χ0) is 35.3. The van der Waals surface area contributed by atoms with Crippen molar-refractivity contribution in [1.82, 2.24) is 0 Å². The summed E-state index contributed by atoms with van der Waals surface area (Å²) in [5.74, 6) is -0.596. The van der Waals surface area contributed by atoms with Gasteiger partial charge in [-0.15, -0.1) is 0 Å². The van der Waals surface area contributed by atoms with Crippen molar-refractivity contribution in [3.63, 3.8) is 0 Å². The van der Waals surface area contributed by atoms with Gasteiger partial charge in [-0.05, 0) is 46.5 Å². The first-order valence-electron chi connectivity index (χ1n) is 17.3. The topological polar surface area (TPSA) is 101 Å². The molecule has 0 spiro atoms. The number of rotatable bonds is 0. The van der Waals surface area contributed by atoms with Gasteiger partial charge in [0.15, 0.2) is 37.9 Å². The number of aromatic nitrogens is 2. The van der Waals surface area contributed by atoms with Gasteiger partial charge < -0.3 is 33.3 Å². The average Bonchev–Trinajstić information content (AvgIpc) is 3.14. The van der Waals surface area contributed by atoms with Gasteiger partial charge in [0, 0.05) is 41.1 Å². The van der Waals surface area contributed by atoms with Crippen LogP contribution in [0.25, 0.3) is 11.1 Å². The van der Waals surface area contributed by atoms with Crippen LogP contribution in [-0.4, -0.2) is 85.1 Å². The van der Waals surface area contributed by atoms with Crippen LogP contribution in [0.4, 0.5) is 11.4 Å². The largest absolute Gasteiger partial charge is 0.463 e. The molecule has 268 valence electrons. The second kappa shape index (κ2) is 18.8. The van der Waals surface area contributed by atoms with E-state index in [4.69, 9.17) is 28.4 Å². The Morgan fingerprint density at radius 3 is 1.55 bits per heavy atom. The number of ether oxygens (including phenoxy) is 6. The lowest BCUT2D eigenvalue weighted by Crippen LogP contribution is -2.35. The van der Waals surface area contributed by atoms with Crippen LogP contribution < -0.4 is 14.0 Å². The maximum atomic E-state index is 12.6. The number of carbonyl (C=O) groups is 2. The molecule has 0 radical (unpaired) electrons. The van der Waals surface area contributed by atoms with Crippen molar-refractivity contribution in [3.8, 4) is 11.1 Å². The Kier molecular flexibility index (Phi) is 13.4. The summed E-state index contributed by atoms with van der Waals surface area (Å²) in [6.07, 6.45) is 8.56. The van der Waals surface area contributed by atoms with Gasteiger partial charge in [-0.1, -0.05) is 23.9 Å². The van der Waals surface area contributed by atoms with Crippen LogP contribution in [0.15, 0.2) is 95.2 Å². The predicted octanol–water partition coefficient (Wildman–Crippen LogP) is 4.11. The third-order valence-corrected chi connectivity index (χ3v) is 9.63. The maximum absolute atomic E-state index is 12.6. The van der Waals surface area contributed by atoms with E-state index in [-0.39, 0.29) is 38.0 Å². The molecular formula is C39H45N3O8S+2. The minimum Gasteiger partial charge on any atom is -0.463 e. The number of benzene rings is 2. The van der Waals surface area contributed by atoms with E-state index in [1.165, 1.54) is 0 Å². The molecule has 11 nitrogen and oxygen atoms in total. The number of hydrogen-bond donors (Lipinski definition) is 0. The third-order valence-electron chi connectivity index (χ3n) is 8.52. The van der Waals surface area contributed by atoms with Gasteiger partial charge in [0.25, 0.3) is 0 Å². The van der Waals surface area contributed by atoms with Crippen LogP contribution >= 0.6 is 11.8 Å². The summed E-state index contributed by atoms with van der Waals surface area (Å²) >= 11 is 1.64. The molecule has 4 aromatic rings. The van der Waals surface area contributed by atoms with Crippen LogP contribution in [-0.2, 0) is 63.9 Å². The molecule has 0 unspecified atom stereocenters. The fourth-order valence-electron chi connectivity index (χ4n) is 5.74. The Morgan fingerprint density at radius 2 is 1.00 bits per heavy atom. The van der Waals surface area contributed by atoms with E-state index >= 15 is 0 Å². The Hall–Kier alpha value is -4.33. The molecule has 9 aliphatic heterocycles. The summed E-state index contributed by atoms with van der Waals surface area (Å²) in [6.45, 7) is 5.39. The van der Waals surface area contributed by atoms with Crippen molar-refractivity contribution in [2.24, 2.45) is 0 Å². The summed E-state index contributed by atoms with van der Waals surface area (Å²) in [4.78, 5) is 29.3. The molecule has 9 aliphatic rings. The van der Waals surface area contributed by atoms with Gasteiger partial charge in [0.1, 0.15) is 26.4 Å². The molecule has 51 heavy (non-hydrogen) atoms. The van der Waals surface area contributed by atoms with Crippen molar-refractivity contribution in [1.29, 1.82) is 0 Å². The Morgan fingerprint density at radius 1 is 0.529 bits per heavy atom. The zero-order valence-electron chi connectivity index (χ0n) is 29.0. The molecule has 0 amide bonds. The second-order valence-electron chi connectivity index (χ2n) is 12.2. The van der Waals surface area contributed by atoms with E-state index in [1.807, 2.05) is 43.4 Å². The quantitative estimate of drug-likeness (QED) is 0.196. The Balaban J connectivity index is 1.02. The molecule has 2 aromatic heterocycles. The van der Waals surface area contributed by atoms with Crippen LogP contribution in [0.2, 0.25) is 0 Å². The molecule has 0 atom stereocenters. The Bertz CT molecular complexity index is 1750. The molecule has 0 fully saturated rings. The maximum Gasteiger partial charge on any atom is 0.310 e. The van der Waals surface area contributed by atoms with Gasteiger partial charge in [0.05, 0.1) is 63.9 Å². The lowest BCUT2D eigenvalue weighted by atomic mass is 10.1. The molecule has 13 rings (SSSR count). The number of anilines is 2. The van der Waals surface area contributed by atoms with Crippen molar-refractivity contribution < 1.29 is 47.1 Å². The smallest absolute Gasteiger partial charge is 0.310 e. The molecule has 11 heterocycles. The highest BCUT2D eigenvalue weighted by atomic mass is 32.2. The third kappa shape index (κ3) is 10.8. The highest BCUT2D eigenvalue weighted by Crippen LogP contribution is 2.48. The monoisotopic (exact) mass is 715 g/mol. The van der Waals surface area contributed by atoms with E-state index in [1.54, 1.807) is 11.8 Å². The molecule has 0 aliphatic carbocycles. The second-order valence-corrected chi connectivity index (χ2v) is 13.2. The minimum atomic E-state index is -0.300. The van der Waals surface area contributed by atoms with Crippen LogP contribution in [0.5, 0.6) is 0 Å². The first kappa shape index (κ1) is 36.5. The molecule has 0 saturated heterocycles. The average molecular weight is 716 g/mol. The van der Waals surface area contributed by atoms with Gasteiger partial charge in [-0.25, -0.2) is 9.13 Å². The van der Waals surface area contributed by atoms with Crippen LogP contribution in [0.3, 0.4) is 0 Å². The highest BCUT2D eigenvalue weighted by Gasteiger charge is 2.22. The first-order valence-corrected chi connectivity index (χ1v) is 18.1. The lowest BCUT2D eigenvalue weighted by molar-refractivity contribution is -0.698. The fraction of sp³-hybridized carbons (Fsp3) is 0.385. The number of nitrogens with zero attached hydrogens (tertiary/aromatic N) is 3. The number of pyridine rings is 2. The summed E-state index contributed by atoms with van der Waals surface area (Å²) < 4.78 is 37.7. The molecular weight excluding hydrogens is 671 g/mol. The van der Waals surface area contributed by atoms with Gasteiger partial charge >= 0.3 is 11.9 Å². The lowest BCUT2D eigenvalue weighted by Gasteiger charge is -2.30. The SMILES string of the molecule is CN1c2ccc3cc2Sc2ccc(cc21)CC(=O)OCCOCCOCC[n+]1ccc(cc1)-c1cc[n+](cc1)CCOCCOCCOC(=O)C3. The summed E-state index contributed by atoms with van der Waals surface area (Å²) in [5.41, 5.74) is 6.08. The standard InChI is InChI=1S/C39H45N3O8S/c1-40-34-4-2-31-27-37(34)51-36-5-3-30(26-35(36)40)28-38(43)49-24-22-47-20-18-45-16-14-41-10-6-32(7-11-41)33-8-12-42(13-9-33)15-17-46-19-21-48-23-25-50-39(44)29-31/h2-13,26-27H,14-25,28-29H2,1H3/q+2. The van der Waals surface area contributed by atoms with Crippen molar-refractivity contribution in [2.75, 3.05) is 78.0 Å². The predicted molar refractivity (Wildman–Crippen MR) is 190 cm³/mol. The van der Waals surface area contributed by atoms with Crippen molar-refractivity contribution >= 4 is 35.1 Å². The minimum absolute atomic E-state index is 0.172. The highest BCUT2D eigenvalue weighted by molar-refractivity contribution is 7.99. The van der Waals surface area contributed by atoms with Gasteiger partial charge in [-0.3, -0.25) is 9.59 Å². The first-order chi connectivity index (χ1) is 25.0. The van der Waals surface area contributed by atoms with Gasteiger partial charge in [-0.2, -0.15) is 0 Å². The fourth-order valence-corrected chi connectivity index (χ4v) is 6.94. The normalized spacial score (nSPS) is 17.5. The molecule has 12 heteroatoms. The number of hydrogen-bond acceptors (Lipinski definition) is 10. The van der Waals surface area contributed by atoms with Gasteiger partial charge in [0.2, 0.25) is 0 Å². The summed E-state index contributed by atoms with van der Waals surface area (Å²) in [7, 11) is 2.00. The summed E-state index contributed by atoms with van der Waals surface area (Å²) in [5, 5.41) is 0. The van der Waals surface area contributed by atoms with Crippen molar-refractivity contribution in [2.45, 2.75) is 35.7 Å². The van der Waals surface area contributed by atoms with Crippen LogP contribution in [0.1, 0.15) is 11.1 Å². The van der Waals surface area contributed by atoms with Crippen LogP contribution in [0, 0.1) is 0 Å². The van der Waals surface area contributed by atoms with E-state index in [2.05, 4.69) is 63.1 Å². The molecule has 10 bridgehead atoms. The Labute approximate surface area is 303 Å². The zero-order valence-corrected chi connectivity index (χ0v) is 29.8. The molecule has 2 aromatic carbocycles. The van der Waals surface area contributed by atoms with E-state index in [0.29, 0.717) is 52.9 Å². The molecule has 0 N–H and O–H groups in total. The van der Waals surface area contributed by atoms with E-state index in [0.717, 1.165) is 56.5 Å². The van der Waals surface area contributed by atoms with Crippen molar-refractivity contribution in [3.05, 3.63) is 96.6 Å². The van der Waals surface area contributed by atoms with E-state index < -0.39 is 0 Å². The summed E-state index contributed by atoms with van der Waals surface area (Å²) in [6, 6.07) is 20.4. The number of carbonyl (C=O) groups excluding carboxylic acids is 2. The number of esters is 2. The van der Waals surface area contributed by atoms with E-state index in [9.17, 15) is 9.59 Å². The molecule has 0 saturated carbocycles.